The fourth-order valence-electron chi connectivity index (χ4n) is 2.04. The van der Waals surface area contributed by atoms with E-state index in [9.17, 15) is 14.6 Å². The van der Waals surface area contributed by atoms with Crippen molar-refractivity contribution in [3.63, 3.8) is 0 Å². The number of carbonyl (C=O) groups excluding carboxylic acids is 1. The van der Waals surface area contributed by atoms with Crippen LogP contribution in [0.25, 0.3) is 0 Å². The molecule has 21 heavy (non-hydrogen) atoms. The largest absolute Gasteiger partial charge is 0.323 e. The minimum atomic E-state index is -2.37. The summed E-state index contributed by atoms with van der Waals surface area (Å²) in [6.07, 6.45) is 1.74. The molecule has 1 aromatic rings. The van der Waals surface area contributed by atoms with E-state index in [2.05, 4.69) is 5.32 Å². The predicted molar refractivity (Wildman–Crippen MR) is 84.9 cm³/mol. The van der Waals surface area contributed by atoms with Crippen molar-refractivity contribution >= 4 is 13.0 Å². The second kappa shape index (κ2) is 8.32. The molecule has 6 heteroatoms. The Bertz CT molecular complexity index is 487. The maximum atomic E-state index is 12.3. The van der Waals surface area contributed by atoms with Crippen molar-refractivity contribution in [2.24, 2.45) is 0 Å². The van der Waals surface area contributed by atoms with Gasteiger partial charge in [0.25, 0.3) is 0 Å². The SMILES string of the molecule is CCC(=O)N(O)CNC(CCc1ccccc1)P(C)(C)=O. The van der Waals surface area contributed by atoms with Crippen LogP contribution in [0.1, 0.15) is 25.3 Å². The van der Waals surface area contributed by atoms with Gasteiger partial charge in [0.05, 0.1) is 19.6 Å². The van der Waals surface area contributed by atoms with E-state index in [1.807, 2.05) is 30.3 Å². The van der Waals surface area contributed by atoms with Crippen molar-refractivity contribution in [3.8, 4) is 0 Å². The standard InChI is InChI=1S/C15H25N2O3P/c1-4-15(18)17(19)12-16-14(21(2,3)20)11-10-13-8-6-5-7-9-13/h5-9,14,16,19H,4,10-12H2,1-3H3. The minimum absolute atomic E-state index is 0.00218. The summed E-state index contributed by atoms with van der Waals surface area (Å²) < 4.78 is 12.3. The third-order valence-corrected chi connectivity index (χ3v) is 5.31. The molecule has 5 nitrogen and oxygen atoms in total. The van der Waals surface area contributed by atoms with E-state index in [0.717, 1.165) is 6.42 Å². The lowest BCUT2D eigenvalue weighted by molar-refractivity contribution is -0.166. The number of hydrogen-bond acceptors (Lipinski definition) is 4. The average molecular weight is 312 g/mol. The fourth-order valence-corrected chi connectivity index (χ4v) is 3.32. The van der Waals surface area contributed by atoms with Crippen molar-refractivity contribution in [1.82, 2.24) is 10.4 Å². The zero-order valence-corrected chi connectivity index (χ0v) is 13.8. The highest BCUT2D eigenvalue weighted by atomic mass is 31.2. The van der Waals surface area contributed by atoms with Crippen LogP contribution in [0.4, 0.5) is 0 Å². The molecule has 2 N–H and O–H groups in total. The van der Waals surface area contributed by atoms with E-state index in [4.69, 9.17) is 0 Å². The average Bonchev–Trinajstić information content (AvgIpc) is 2.45. The Morgan fingerprint density at radius 1 is 1.33 bits per heavy atom. The monoisotopic (exact) mass is 312 g/mol. The summed E-state index contributed by atoms with van der Waals surface area (Å²) in [7, 11) is -2.37. The van der Waals surface area contributed by atoms with Gasteiger partial charge >= 0.3 is 0 Å². The number of nitrogens with zero attached hydrogens (tertiary/aromatic N) is 1. The Morgan fingerprint density at radius 3 is 2.48 bits per heavy atom. The molecule has 0 aliphatic heterocycles. The number of benzene rings is 1. The molecule has 0 heterocycles. The lowest BCUT2D eigenvalue weighted by atomic mass is 10.1. The third-order valence-electron chi connectivity index (χ3n) is 3.37. The first kappa shape index (κ1) is 17.9. The Labute approximate surface area is 126 Å². The molecule has 1 aromatic carbocycles. The van der Waals surface area contributed by atoms with E-state index < -0.39 is 7.14 Å². The van der Waals surface area contributed by atoms with Gasteiger partial charge < -0.3 is 4.57 Å². The number of carbonyl (C=O) groups is 1. The van der Waals surface area contributed by atoms with Crippen molar-refractivity contribution in [3.05, 3.63) is 35.9 Å². The summed E-state index contributed by atoms with van der Waals surface area (Å²) in [5.41, 5.74) is 1.18. The summed E-state index contributed by atoms with van der Waals surface area (Å²) in [6, 6.07) is 9.98. The Kier molecular flexibility index (Phi) is 7.09. The van der Waals surface area contributed by atoms with E-state index in [1.54, 1.807) is 20.3 Å². The van der Waals surface area contributed by atoms with Gasteiger partial charge in [-0.25, -0.2) is 5.06 Å². The molecule has 0 saturated heterocycles. The summed E-state index contributed by atoms with van der Waals surface area (Å²) >= 11 is 0. The van der Waals surface area contributed by atoms with Crippen LogP contribution in [-0.2, 0) is 15.8 Å². The van der Waals surface area contributed by atoms with Gasteiger partial charge in [-0.05, 0) is 31.7 Å². The Hall–Kier alpha value is -1.16. The third kappa shape index (κ3) is 6.42. The second-order valence-corrected chi connectivity index (χ2v) is 8.97. The number of amides is 1. The number of nitrogens with one attached hydrogen (secondary N) is 1. The zero-order chi connectivity index (χ0) is 15.9. The van der Waals surface area contributed by atoms with Crippen molar-refractivity contribution in [2.45, 2.75) is 32.0 Å². The number of hydroxylamine groups is 2. The first-order chi connectivity index (χ1) is 9.84. The van der Waals surface area contributed by atoms with Gasteiger partial charge in [0.1, 0.15) is 0 Å². The smallest absolute Gasteiger partial charge is 0.246 e. The number of aryl methyl sites for hydroxylation is 1. The maximum absolute atomic E-state index is 12.3. The lowest BCUT2D eigenvalue weighted by Crippen LogP contribution is -2.41. The molecular weight excluding hydrogens is 287 g/mol. The maximum Gasteiger partial charge on any atom is 0.246 e. The van der Waals surface area contributed by atoms with E-state index in [1.165, 1.54) is 5.56 Å². The van der Waals surface area contributed by atoms with Gasteiger partial charge in [-0.2, -0.15) is 0 Å². The molecule has 0 aliphatic carbocycles. The van der Waals surface area contributed by atoms with Gasteiger partial charge in [0.2, 0.25) is 5.91 Å². The molecular formula is C15H25N2O3P. The van der Waals surface area contributed by atoms with Crippen LogP contribution in [0.15, 0.2) is 30.3 Å². The second-order valence-electron chi connectivity index (χ2n) is 5.48. The number of hydrogen-bond donors (Lipinski definition) is 2. The van der Waals surface area contributed by atoms with Crippen LogP contribution in [-0.4, -0.2) is 42.0 Å². The van der Waals surface area contributed by atoms with Crippen molar-refractivity contribution < 1.29 is 14.6 Å². The highest BCUT2D eigenvalue weighted by Gasteiger charge is 2.23. The summed E-state index contributed by atoms with van der Waals surface area (Å²) in [4.78, 5) is 11.3. The van der Waals surface area contributed by atoms with E-state index in [-0.39, 0.29) is 24.8 Å². The van der Waals surface area contributed by atoms with Crippen LogP contribution >= 0.6 is 7.14 Å². The molecule has 0 aliphatic rings. The van der Waals surface area contributed by atoms with Crippen molar-refractivity contribution in [1.29, 1.82) is 0 Å². The molecule has 1 unspecified atom stereocenters. The molecule has 0 spiro atoms. The van der Waals surface area contributed by atoms with Gasteiger partial charge in [-0.1, -0.05) is 37.3 Å². The van der Waals surface area contributed by atoms with Gasteiger partial charge in [-0.3, -0.25) is 15.3 Å². The Balaban J connectivity index is 2.57. The van der Waals surface area contributed by atoms with Gasteiger partial charge in [0.15, 0.2) is 0 Å². The molecule has 0 aromatic heterocycles. The van der Waals surface area contributed by atoms with Gasteiger partial charge in [0, 0.05) is 6.42 Å². The van der Waals surface area contributed by atoms with Crippen molar-refractivity contribution in [2.75, 3.05) is 20.0 Å². The summed E-state index contributed by atoms with van der Waals surface area (Å²) in [5.74, 6) is -0.580. The van der Waals surface area contributed by atoms with Crippen LogP contribution in [0.5, 0.6) is 0 Å². The molecule has 0 radical (unpaired) electrons. The predicted octanol–water partition coefficient (Wildman–Crippen LogP) is 2.74. The Morgan fingerprint density at radius 2 is 1.95 bits per heavy atom. The van der Waals surface area contributed by atoms with Crippen LogP contribution < -0.4 is 5.32 Å². The quantitative estimate of drug-likeness (QED) is 0.335. The zero-order valence-electron chi connectivity index (χ0n) is 13.0. The fraction of sp³-hybridized carbons (Fsp3) is 0.533. The first-order valence-electron chi connectivity index (χ1n) is 7.15. The molecule has 0 saturated carbocycles. The molecule has 1 amide bonds. The summed E-state index contributed by atoms with van der Waals surface area (Å²) in [5, 5.41) is 13.2. The van der Waals surface area contributed by atoms with Gasteiger partial charge in [-0.15, -0.1) is 0 Å². The highest BCUT2D eigenvalue weighted by molar-refractivity contribution is 7.63. The lowest BCUT2D eigenvalue weighted by Gasteiger charge is -2.25. The molecule has 1 atom stereocenters. The minimum Gasteiger partial charge on any atom is -0.323 e. The van der Waals surface area contributed by atoms with E-state index in [0.29, 0.717) is 11.5 Å². The van der Waals surface area contributed by atoms with Crippen LogP contribution in [0.2, 0.25) is 0 Å². The molecule has 118 valence electrons. The summed E-state index contributed by atoms with van der Waals surface area (Å²) in [6.45, 7) is 5.12. The molecule has 1 rings (SSSR count). The topological polar surface area (TPSA) is 69.6 Å². The number of rotatable bonds is 8. The normalized spacial score (nSPS) is 13.0. The molecule has 0 fully saturated rings. The van der Waals surface area contributed by atoms with Crippen LogP contribution in [0, 0.1) is 0 Å². The van der Waals surface area contributed by atoms with E-state index >= 15 is 0 Å². The molecule has 0 bridgehead atoms. The highest BCUT2D eigenvalue weighted by Crippen LogP contribution is 2.42. The van der Waals surface area contributed by atoms with Crippen LogP contribution in [0.3, 0.4) is 0 Å². The first-order valence-corrected chi connectivity index (χ1v) is 9.82.